The van der Waals surface area contributed by atoms with E-state index in [1.54, 1.807) is 12.0 Å². The number of ether oxygens (including phenoxy) is 2. The van der Waals surface area contributed by atoms with Crippen LogP contribution in [0.25, 0.3) is 21.9 Å². The van der Waals surface area contributed by atoms with E-state index in [1.165, 1.54) is 0 Å². The standard InChI is InChI=1S/C28H27N3O5/c1-34-25-8-4-5-18-17-35-28(33)31(27(18)25)20-11-13-30(14-12-20)16-26(32)29-19-9-10-24-22(15-19)21-6-2-3-7-23(21)36-24/h2-10,15,20H,11-14,16-17H2,1H3,(H,29,32). The third-order valence-corrected chi connectivity index (χ3v) is 7.04. The molecule has 4 aromatic rings. The number of rotatable bonds is 5. The van der Waals surface area contributed by atoms with Crippen molar-refractivity contribution in [3.63, 3.8) is 0 Å². The van der Waals surface area contributed by atoms with E-state index < -0.39 is 0 Å². The highest BCUT2D eigenvalue weighted by molar-refractivity contribution is 6.07. The third kappa shape index (κ3) is 4.03. The fraction of sp³-hybridized carbons (Fsp3) is 0.286. The summed E-state index contributed by atoms with van der Waals surface area (Å²) >= 11 is 0. The van der Waals surface area contributed by atoms with Crippen LogP contribution in [0, 0.1) is 0 Å². The summed E-state index contributed by atoms with van der Waals surface area (Å²) in [6, 6.07) is 19.3. The number of nitrogens with zero attached hydrogens (tertiary/aromatic N) is 2. The maximum atomic E-state index is 12.8. The first kappa shape index (κ1) is 22.4. The average molecular weight is 486 g/mol. The molecular weight excluding hydrogens is 458 g/mol. The summed E-state index contributed by atoms with van der Waals surface area (Å²) in [7, 11) is 1.61. The molecule has 3 heterocycles. The van der Waals surface area contributed by atoms with Crippen LogP contribution in [0.2, 0.25) is 0 Å². The molecule has 0 unspecified atom stereocenters. The maximum Gasteiger partial charge on any atom is 0.415 e. The van der Waals surface area contributed by atoms with Gasteiger partial charge in [-0.25, -0.2) is 4.79 Å². The van der Waals surface area contributed by atoms with Crippen molar-refractivity contribution in [2.45, 2.75) is 25.5 Å². The van der Waals surface area contributed by atoms with E-state index >= 15 is 0 Å². The molecule has 2 aliphatic heterocycles. The van der Waals surface area contributed by atoms with Gasteiger partial charge in [-0.05, 0) is 43.2 Å². The zero-order valence-electron chi connectivity index (χ0n) is 20.0. The number of para-hydroxylation sites is 2. The second kappa shape index (κ2) is 9.20. The molecule has 1 N–H and O–H groups in total. The second-order valence-electron chi connectivity index (χ2n) is 9.26. The quantitative estimate of drug-likeness (QED) is 0.421. The van der Waals surface area contributed by atoms with Crippen LogP contribution >= 0.6 is 0 Å². The predicted molar refractivity (Wildman–Crippen MR) is 137 cm³/mol. The minimum Gasteiger partial charge on any atom is -0.495 e. The number of hydrogen-bond donors (Lipinski definition) is 1. The maximum absolute atomic E-state index is 12.8. The number of cyclic esters (lactones) is 1. The molecule has 3 aromatic carbocycles. The van der Waals surface area contributed by atoms with Gasteiger partial charge in [0, 0.05) is 41.2 Å². The van der Waals surface area contributed by atoms with E-state index in [9.17, 15) is 9.59 Å². The van der Waals surface area contributed by atoms with Crippen LogP contribution in [-0.2, 0) is 16.1 Å². The highest BCUT2D eigenvalue weighted by atomic mass is 16.6. The van der Waals surface area contributed by atoms with Crippen LogP contribution in [0.1, 0.15) is 18.4 Å². The van der Waals surface area contributed by atoms with Gasteiger partial charge in [-0.2, -0.15) is 0 Å². The highest BCUT2D eigenvalue weighted by Gasteiger charge is 2.36. The Bertz CT molecular complexity index is 1440. The van der Waals surface area contributed by atoms with E-state index in [4.69, 9.17) is 13.9 Å². The van der Waals surface area contributed by atoms with Gasteiger partial charge in [-0.3, -0.25) is 14.6 Å². The molecule has 2 aliphatic rings. The van der Waals surface area contributed by atoms with Crippen LogP contribution in [0.3, 0.4) is 0 Å². The molecule has 36 heavy (non-hydrogen) atoms. The van der Waals surface area contributed by atoms with Gasteiger partial charge in [0.05, 0.1) is 19.3 Å². The van der Waals surface area contributed by atoms with Gasteiger partial charge in [-0.15, -0.1) is 0 Å². The Morgan fingerprint density at radius 2 is 1.83 bits per heavy atom. The van der Waals surface area contributed by atoms with E-state index in [-0.39, 0.29) is 24.6 Å². The number of benzene rings is 3. The molecule has 1 aromatic heterocycles. The Morgan fingerprint density at radius 3 is 2.67 bits per heavy atom. The molecular formula is C28H27N3O5. The molecule has 1 fully saturated rings. The van der Waals surface area contributed by atoms with Crippen molar-refractivity contribution in [3.8, 4) is 5.75 Å². The predicted octanol–water partition coefficient (Wildman–Crippen LogP) is 5.15. The SMILES string of the molecule is COc1cccc2c1N(C1CCN(CC(=O)Nc3ccc4oc5ccccc5c4c3)CC1)C(=O)OC2. The number of methoxy groups -OCH3 is 1. The minimum absolute atomic E-state index is 0.0102. The number of piperidine rings is 1. The lowest BCUT2D eigenvalue weighted by Gasteiger charge is -2.40. The van der Waals surface area contributed by atoms with E-state index in [2.05, 4.69) is 10.2 Å². The first-order valence-corrected chi connectivity index (χ1v) is 12.2. The van der Waals surface area contributed by atoms with Gasteiger partial charge in [0.1, 0.15) is 23.5 Å². The normalized spacial score (nSPS) is 16.7. The molecule has 2 amide bonds. The number of furan rings is 1. The number of anilines is 2. The van der Waals surface area contributed by atoms with Crippen molar-refractivity contribution in [1.82, 2.24) is 4.90 Å². The highest BCUT2D eigenvalue weighted by Crippen LogP contribution is 2.39. The monoisotopic (exact) mass is 485 g/mol. The Labute approximate surface area is 208 Å². The fourth-order valence-electron chi connectivity index (χ4n) is 5.30. The Balaban J connectivity index is 1.10. The summed E-state index contributed by atoms with van der Waals surface area (Å²) in [4.78, 5) is 29.4. The summed E-state index contributed by atoms with van der Waals surface area (Å²) in [6.45, 7) is 1.96. The summed E-state index contributed by atoms with van der Waals surface area (Å²) in [5, 5.41) is 5.03. The molecule has 8 nitrogen and oxygen atoms in total. The molecule has 0 saturated carbocycles. The van der Waals surface area contributed by atoms with Gasteiger partial charge in [0.25, 0.3) is 0 Å². The number of likely N-dealkylation sites (tertiary alicyclic amines) is 1. The van der Waals surface area contributed by atoms with Gasteiger partial charge in [0.15, 0.2) is 0 Å². The largest absolute Gasteiger partial charge is 0.495 e. The van der Waals surface area contributed by atoms with Crippen molar-refractivity contribution in [2.75, 3.05) is 37.0 Å². The summed E-state index contributed by atoms with van der Waals surface area (Å²) < 4.78 is 16.8. The Hall–Kier alpha value is -4.04. The molecule has 0 spiro atoms. The van der Waals surface area contributed by atoms with Crippen molar-refractivity contribution in [2.24, 2.45) is 0 Å². The topological polar surface area (TPSA) is 84.3 Å². The molecule has 0 radical (unpaired) electrons. The number of carbonyl (C=O) groups excluding carboxylic acids is 2. The van der Waals surface area contributed by atoms with Gasteiger partial charge >= 0.3 is 6.09 Å². The molecule has 0 aliphatic carbocycles. The Kier molecular flexibility index (Phi) is 5.73. The first-order valence-electron chi connectivity index (χ1n) is 12.2. The second-order valence-corrected chi connectivity index (χ2v) is 9.26. The third-order valence-electron chi connectivity index (χ3n) is 7.04. The van der Waals surface area contributed by atoms with Crippen molar-refractivity contribution in [1.29, 1.82) is 0 Å². The number of nitrogens with one attached hydrogen (secondary N) is 1. The Morgan fingerprint density at radius 1 is 1.03 bits per heavy atom. The van der Waals surface area contributed by atoms with Gasteiger partial charge in [-0.1, -0.05) is 30.3 Å². The first-order chi connectivity index (χ1) is 17.6. The van der Waals surface area contributed by atoms with Crippen molar-refractivity contribution < 1.29 is 23.5 Å². The summed E-state index contributed by atoms with van der Waals surface area (Å²) in [5.41, 5.74) is 4.11. The number of hydrogen-bond acceptors (Lipinski definition) is 6. The molecule has 6 rings (SSSR count). The van der Waals surface area contributed by atoms with Crippen LogP contribution in [0.5, 0.6) is 5.75 Å². The number of fused-ring (bicyclic) bond motifs is 4. The average Bonchev–Trinajstić information content (AvgIpc) is 3.27. The van der Waals surface area contributed by atoms with Crippen molar-refractivity contribution in [3.05, 3.63) is 66.2 Å². The van der Waals surface area contributed by atoms with E-state index in [0.29, 0.717) is 25.4 Å². The molecule has 1 saturated heterocycles. The number of amides is 2. The number of carbonyl (C=O) groups is 2. The van der Waals surface area contributed by atoms with Crippen LogP contribution in [0.15, 0.2) is 65.1 Å². The van der Waals surface area contributed by atoms with E-state index in [0.717, 1.165) is 51.7 Å². The lowest BCUT2D eigenvalue weighted by atomic mass is 10.0. The van der Waals surface area contributed by atoms with Gasteiger partial charge in [0.2, 0.25) is 5.91 Å². The minimum atomic E-state index is -0.342. The van der Waals surface area contributed by atoms with Gasteiger partial charge < -0.3 is 19.2 Å². The molecule has 0 atom stereocenters. The lowest BCUT2D eigenvalue weighted by Crippen LogP contribution is -2.50. The van der Waals surface area contributed by atoms with Crippen molar-refractivity contribution >= 4 is 45.3 Å². The molecule has 184 valence electrons. The molecule has 0 bridgehead atoms. The summed E-state index contributed by atoms with van der Waals surface area (Å²) in [6.07, 6.45) is 1.14. The smallest absolute Gasteiger partial charge is 0.415 e. The molecule has 8 heteroatoms. The summed E-state index contributed by atoms with van der Waals surface area (Å²) in [5.74, 6) is 0.610. The van der Waals surface area contributed by atoms with Crippen LogP contribution in [0.4, 0.5) is 16.2 Å². The van der Waals surface area contributed by atoms with Crippen LogP contribution < -0.4 is 15.0 Å². The zero-order valence-corrected chi connectivity index (χ0v) is 20.0. The zero-order chi connectivity index (χ0) is 24.6. The van der Waals surface area contributed by atoms with Crippen LogP contribution in [-0.4, -0.2) is 49.7 Å². The van der Waals surface area contributed by atoms with E-state index in [1.807, 2.05) is 60.7 Å². The lowest BCUT2D eigenvalue weighted by molar-refractivity contribution is -0.117. The fourth-order valence-corrected chi connectivity index (χ4v) is 5.30.